The van der Waals surface area contributed by atoms with Crippen LogP contribution in [0.15, 0.2) is 44.1 Å². The Morgan fingerprint density at radius 1 is 1.42 bits per heavy atom. The molecule has 0 aliphatic rings. The molecule has 8 heteroatoms. The van der Waals surface area contributed by atoms with Crippen molar-refractivity contribution in [2.75, 3.05) is 11.1 Å². The lowest BCUT2D eigenvalue weighted by Crippen LogP contribution is -2.20. The summed E-state index contributed by atoms with van der Waals surface area (Å²) in [6.45, 7) is 1.99. The van der Waals surface area contributed by atoms with Crippen molar-refractivity contribution < 1.29 is 4.79 Å². The van der Waals surface area contributed by atoms with Gasteiger partial charge in [-0.2, -0.15) is 0 Å². The molecule has 5 nitrogen and oxygen atoms in total. The molecular weight excluding hydrogens is 410 g/mol. The number of aromatic nitrogens is 2. The smallest absolute Gasteiger partial charge is 0.262 e. The fourth-order valence-electron chi connectivity index (χ4n) is 2.15. The number of halogens is 1. The molecule has 0 aliphatic heterocycles. The van der Waals surface area contributed by atoms with Gasteiger partial charge < -0.3 is 5.32 Å². The zero-order valence-electron chi connectivity index (χ0n) is 13.0. The fraction of sp³-hybridized carbons (Fsp3) is 0.188. The van der Waals surface area contributed by atoms with Gasteiger partial charge in [-0.1, -0.05) is 17.8 Å². The van der Waals surface area contributed by atoms with Crippen molar-refractivity contribution in [2.45, 2.75) is 12.1 Å². The van der Waals surface area contributed by atoms with Crippen LogP contribution in [-0.2, 0) is 11.8 Å². The summed E-state index contributed by atoms with van der Waals surface area (Å²) in [5, 5.41) is 5.84. The third-order valence-electron chi connectivity index (χ3n) is 3.39. The number of benzene rings is 1. The average Bonchev–Trinajstić information content (AvgIpc) is 3.01. The first-order valence-corrected chi connectivity index (χ1v) is 9.74. The summed E-state index contributed by atoms with van der Waals surface area (Å²) in [6.07, 6.45) is 0. The summed E-state index contributed by atoms with van der Waals surface area (Å²) in [7, 11) is 1.67. The molecule has 3 aromatic rings. The molecule has 1 amide bonds. The van der Waals surface area contributed by atoms with Crippen LogP contribution in [0.3, 0.4) is 0 Å². The van der Waals surface area contributed by atoms with Gasteiger partial charge in [-0.15, -0.1) is 11.3 Å². The largest absolute Gasteiger partial charge is 0.324 e. The first-order chi connectivity index (χ1) is 11.5. The molecule has 0 atom stereocenters. The Kier molecular flexibility index (Phi) is 5.07. The van der Waals surface area contributed by atoms with Gasteiger partial charge >= 0.3 is 0 Å². The minimum absolute atomic E-state index is 0.0922. The standard InChI is InChI=1S/C16H14BrN3O2S2/c1-9-3-4-12(11(17)7-9)18-13(21)8-24-16-19-14-10(5-6-23-14)15(22)20(16)2/h3-7H,8H2,1-2H3,(H,18,21). The van der Waals surface area contributed by atoms with Crippen LogP contribution in [0.1, 0.15) is 5.56 Å². The van der Waals surface area contributed by atoms with Gasteiger partial charge in [0.25, 0.3) is 5.56 Å². The second kappa shape index (κ2) is 7.08. The van der Waals surface area contributed by atoms with Gasteiger partial charge in [0, 0.05) is 11.5 Å². The highest BCUT2D eigenvalue weighted by molar-refractivity contribution is 9.10. The average molecular weight is 424 g/mol. The number of carbonyl (C=O) groups excluding carboxylic acids is 1. The van der Waals surface area contributed by atoms with E-state index in [2.05, 4.69) is 26.2 Å². The second-order valence-electron chi connectivity index (χ2n) is 5.22. The van der Waals surface area contributed by atoms with Crippen LogP contribution >= 0.6 is 39.0 Å². The molecule has 0 aliphatic carbocycles. The van der Waals surface area contributed by atoms with Gasteiger partial charge in [-0.05, 0) is 52.0 Å². The minimum atomic E-state index is -0.148. The summed E-state index contributed by atoms with van der Waals surface area (Å²) in [5.41, 5.74) is 1.74. The van der Waals surface area contributed by atoms with Gasteiger partial charge in [-0.25, -0.2) is 4.98 Å². The molecule has 0 fully saturated rings. The zero-order valence-corrected chi connectivity index (χ0v) is 16.2. The van der Waals surface area contributed by atoms with Crippen LogP contribution in [-0.4, -0.2) is 21.2 Å². The quantitative estimate of drug-likeness (QED) is 0.511. The normalized spacial score (nSPS) is 11.0. The van der Waals surface area contributed by atoms with Crippen molar-refractivity contribution in [3.05, 3.63) is 50.0 Å². The van der Waals surface area contributed by atoms with Crippen molar-refractivity contribution in [3.63, 3.8) is 0 Å². The zero-order chi connectivity index (χ0) is 17.3. The van der Waals surface area contributed by atoms with Gasteiger partial charge in [0.05, 0.1) is 16.8 Å². The van der Waals surface area contributed by atoms with Crippen LogP contribution in [0, 0.1) is 6.92 Å². The summed E-state index contributed by atoms with van der Waals surface area (Å²) < 4.78 is 2.32. The molecular formula is C16H14BrN3O2S2. The molecule has 1 aromatic carbocycles. The van der Waals surface area contributed by atoms with E-state index in [4.69, 9.17) is 0 Å². The van der Waals surface area contributed by atoms with E-state index in [1.807, 2.05) is 30.5 Å². The Bertz CT molecular complexity index is 981. The molecule has 0 bridgehead atoms. The van der Waals surface area contributed by atoms with Crippen molar-refractivity contribution in [1.82, 2.24) is 9.55 Å². The first kappa shape index (κ1) is 17.2. The molecule has 0 spiro atoms. The molecule has 2 heterocycles. The fourth-order valence-corrected chi connectivity index (χ4v) is 4.32. The van der Waals surface area contributed by atoms with Gasteiger partial charge in [0.2, 0.25) is 5.91 Å². The van der Waals surface area contributed by atoms with Crippen LogP contribution < -0.4 is 10.9 Å². The Labute approximate surface area is 155 Å². The Balaban J connectivity index is 1.72. The molecule has 0 unspecified atom stereocenters. The molecule has 3 rings (SSSR count). The number of hydrogen-bond donors (Lipinski definition) is 1. The molecule has 1 N–H and O–H groups in total. The first-order valence-electron chi connectivity index (χ1n) is 7.09. The van der Waals surface area contributed by atoms with Crippen molar-refractivity contribution in [1.29, 1.82) is 0 Å². The van der Waals surface area contributed by atoms with E-state index in [1.165, 1.54) is 27.7 Å². The van der Waals surface area contributed by atoms with Crippen molar-refractivity contribution in [2.24, 2.45) is 7.05 Å². The van der Waals surface area contributed by atoms with E-state index in [1.54, 1.807) is 13.1 Å². The third-order valence-corrected chi connectivity index (χ3v) is 5.89. The highest BCUT2D eigenvalue weighted by atomic mass is 79.9. The van der Waals surface area contributed by atoms with Gasteiger partial charge in [0.15, 0.2) is 5.16 Å². The van der Waals surface area contributed by atoms with Crippen molar-refractivity contribution in [3.8, 4) is 0 Å². The lowest BCUT2D eigenvalue weighted by molar-refractivity contribution is -0.113. The van der Waals surface area contributed by atoms with Crippen molar-refractivity contribution >= 4 is 60.8 Å². The SMILES string of the molecule is Cc1ccc(NC(=O)CSc2nc3sccc3c(=O)n2C)c(Br)c1. The number of nitrogens with zero attached hydrogens (tertiary/aromatic N) is 2. The number of rotatable bonds is 4. The molecule has 0 radical (unpaired) electrons. The van der Waals surface area contributed by atoms with Crippen LogP contribution in [0.25, 0.3) is 10.2 Å². The van der Waals surface area contributed by atoms with E-state index >= 15 is 0 Å². The summed E-state index contributed by atoms with van der Waals surface area (Å²) in [4.78, 5) is 29.6. The number of aryl methyl sites for hydroxylation is 1. The number of thioether (sulfide) groups is 1. The highest BCUT2D eigenvalue weighted by Crippen LogP contribution is 2.24. The molecule has 24 heavy (non-hydrogen) atoms. The molecule has 0 saturated carbocycles. The van der Waals surface area contributed by atoms with E-state index in [9.17, 15) is 9.59 Å². The number of hydrogen-bond acceptors (Lipinski definition) is 5. The maximum absolute atomic E-state index is 12.2. The topological polar surface area (TPSA) is 64.0 Å². The van der Waals surface area contributed by atoms with E-state index in [0.717, 1.165) is 15.7 Å². The molecule has 2 aromatic heterocycles. The summed E-state index contributed by atoms with van der Waals surface area (Å²) in [6, 6.07) is 7.50. The number of carbonyl (C=O) groups is 1. The lowest BCUT2D eigenvalue weighted by atomic mass is 10.2. The molecule has 124 valence electrons. The summed E-state index contributed by atoms with van der Waals surface area (Å²) >= 11 is 6.10. The maximum atomic E-state index is 12.2. The lowest BCUT2D eigenvalue weighted by Gasteiger charge is -2.09. The predicted molar refractivity (Wildman–Crippen MR) is 103 cm³/mol. The number of anilines is 1. The number of fused-ring (bicyclic) bond motifs is 1. The predicted octanol–water partition coefficient (Wildman–Crippen LogP) is 3.80. The third kappa shape index (κ3) is 3.55. The van der Waals surface area contributed by atoms with E-state index in [0.29, 0.717) is 15.4 Å². The maximum Gasteiger partial charge on any atom is 0.262 e. The Hall–Kier alpha value is -1.64. The van der Waals surface area contributed by atoms with Gasteiger partial charge in [-0.3, -0.25) is 14.2 Å². The monoisotopic (exact) mass is 423 g/mol. The number of amides is 1. The number of nitrogens with one attached hydrogen (secondary N) is 1. The number of thiophene rings is 1. The van der Waals surface area contributed by atoms with Crippen LogP contribution in [0.5, 0.6) is 0 Å². The Morgan fingerprint density at radius 2 is 2.21 bits per heavy atom. The highest BCUT2D eigenvalue weighted by Gasteiger charge is 2.12. The summed E-state index contributed by atoms with van der Waals surface area (Å²) in [5.74, 6) is 0.0300. The van der Waals surface area contributed by atoms with E-state index < -0.39 is 0 Å². The van der Waals surface area contributed by atoms with Gasteiger partial charge in [0.1, 0.15) is 4.83 Å². The Morgan fingerprint density at radius 3 is 2.96 bits per heavy atom. The molecule has 0 saturated heterocycles. The minimum Gasteiger partial charge on any atom is -0.324 e. The van der Waals surface area contributed by atoms with Crippen LogP contribution in [0.2, 0.25) is 0 Å². The second-order valence-corrected chi connectivity index (χ2v) is 7.91. The van der Waals surface area contributed by atoms with E-state index in [-0.39, 0.29) is 17.2 Å². The van der Waals surface area contributed by atoms with Crippen LogP contribution in [0.4, 0.5) is 5.69 Å².